The van der Waals surface area contributed by atoms with Crippen LogP contribution in [0.3, 0.4) is 0 Å². The number of nitrogens with zero attached hydrogens (tertiary/aromatic N) is 4. The molecular weight excluding hydrogens is 330 g/mol. The maximum Gasteiger partial charge on any atom is 0.317 e. The summed E-state index contributed by atoms with van der Waals surface area (Å²) < 4.78 is 0. The Bertz CT molecular complexity index is 635. The highest BCUT2D eigenvalue weighted by atomic mass is 32.1. The topological polar surface area (TPSA) is 98.7 Å². The Kier molecular flexibility index (Phi) is 3.82. The van der Waals surface area contributed by atoms with Crippen LogP contribution in [-0.2, 0) is 4.79 Å². The first-order valence-corrected chi connectivity index (χ1v) is 9.26. The quantitative estimate of drug-likeness (QED) is 0.843. The lowest BCUT2D eigenvalue weighted by Gasteiger charge is -2.29. The maximum absolute atomic E-state index is 12.4. The van der Waals surface area contributed by atoms with E-state index in [0.29, 0.717) is 45.1 Å². The van der Waals surface area contributed by atoms with Gasteiger partial charge in [0.25, 0.3) is 0 Å². The van der Waals surface area contributed by atoms with Gasteiger partial charge in [-0.15, -0.1) is 10.2 Å². The van der Waals surface area contributed by atoms with Crippen LogP contribution in [0.15, 0.2) is 5.51 Å². The van der Waals surface area contributed by atoms with E-state index < -0.39 is 11.4 Å². The minimum absolute atomic E-state index is 0.0481. The van der Waals surface area contributed by atoms with Crippen molar-refractivity contribution in [3.8, 4) is 0 Å². The third-order valence-corrected chi connectivity index (χ3v) is 6.17. The summed E-state index contributed by atoms with van der Waals surface area (Å²) in [6, 6.07) is 0.263. The minimum atomic E-state index is -0.805. The molecule has 2 saturated heterocycles. The van der Waals surface area contributed by atoms with Gasteiger partial charge >= 0.3 is 12.0 Å². The summed E-state index contributed by atoms with van der Waals surface area (Å²) in [5, 5.41) is 21.7. The molecule has 2 aliphatic heterocycles. The molecule has 3 aliphatic rings. The molecule has 3 heterocycles. The average molecular weight is 351 g/mol. The highest BCUT2D eigenvalue weighted by Gasteiger charge is 2.54. The summed E-state index contributed by atoms with van der Waals surface area (Å²) in [5.74, 6) is -0.852. The molecule has 4 rings (SSSR count). The zero-order valence-electron chi connectivity index (χ0n) is 13.3. The van der Waals surface area contributed by atoms with Crippen molar-refractivity contribution < 1.29 is 14.7 Å². The van der Waals surface area contributed by atoms with Crippen LogP contribution in [-0.4, -0.2) is 64.4 Å². The molecular formula is C15H21N5O3S. The Morgan fingerprint density at radius 3 is 2.88 bits per heavy atom. The molecule has 0 bridgehead atoms. The highest BCUT2D eigenvalue weighted by molar-refractivity contribution is 7.13. The molecule has 0 aromatic carbocycles. The maximum atomic E-state index is 12.4. The van der Waals surface area contributed by atoms with Gasteiger partial charge in [-0.2, -0.15) is 0 Å². The molecule has 0 spiro atoms. The van der Waals surface area contributed by atoms with Gasteiger partial charge in [0.15, 0.2) is 0 Å². The molecule has 0 radical (unpaired) electrons. The van der Waals surface area contributed by atoms with E-state index in [2.05, 4.69) is 15.5 Å². The van der Waals surface area contributed by atoms with Gasteiger partial charge in [-0.1, -0.05) is 11.3 Å². The number of rotatable bonds is 3. The number of urea groups is 1. The Hall–Kier alpha value is -1.90. The monoisotopic (exact) mass is 351 g/mol. The van der Waals surface area contributed by atoms with Crippen LogP contribution in [0.5, 0.6) is 0 Å². The van der Waals surface area contributed by atoms with Gasteiger partial charge in [-0.3, -0.25) is 4.79 Å². The van der Waals surface area contributed by atoms with Crippen LogP contribution in [0.2, 0.25) is 0 Å². The molecule has 1 aromatic heterocycles. The summed E-state index contributed by atoms with van der Waals surface area (Å²) in [4.78, 5) is 28.3. The number of hydrogen-bond acceptors (Lipinski definition) is 6. The second-order valence-electron chi connectivity index (χ2n) is 7.03. The molecule has 1 aromatic rings. The van der Waals surface area contributed by atoms with Crippen LogP contribution in [0.4, 0.5) is 9.93 Å². The van der Waals surface area contributed by atoms with Gasteiger partial charge in [0, 0.05) is 38.1 Å². The van der Waals surface area contributed by atoms with Crippen molar-refractivity contribution in [1.29, 1.82) is 0 Å². The standard InChI is InChI=1S/C15H21N5O3S/c21-12(22)15-4-1-5-19(13(23)17-11-2-3-11)6-10(15)7-20(8-15)14-18-16-9-24-14/h9-11H,1-8H2,(H,17,23)(H,21,22)/t10-,15-/m0/s1. The van der Waals surface area contributed by atoms with E-state index in [4.69, 9.17) is 0 Å². The zero-order valence-corrected chi connectivity index (χ0v) is 14.2. The average Bonchev–Trinajstić information content (AvgIpc) is 3.10. The van der Waals surface area contributed by atoms with Crippen molar-refractivity contribution in [3.63, 3.8) is 0 Å². The number of carbonyl (C=O) groups is 2. The lowest BCUT2D eigenvalue weighted by molar-refractivity contribution is -0.150. The fourth-order valence-corrected chi connectivity index (χ4v) is 4.48. The van der Waals surface area contributed by atoms with Gasteiger partial charge < -0.3 is 20.2 Å². The molecule has 1 aliphatic carbocycles. The van der Waals surface area contributed by atoms with E-state index in [1.165, 1.54) is 11.3 Å². The van der Waals surface area contributed by atoms with Gasteiger partial charge in [0.2, 0.25) is 5.13 Å². The second-order valence-corrected chi connectivity index (χ2v) is 7.85. The number of carboxylic acid groups (broad SMARTS) is 1. The Morgan fingerprint density at radius 2 is 2.21 bits per heavy atom. The normalized spacial score (nSPS) is 29.9. The molecule has 2 amide bonds. The Balaban J connectivity index is 1.54. The number of carbonyl (C=O) groups excluding carboxylic acids is 1. The van der Waals surface area contributed by atoms with Crippen LogP contribution < -0.4 is 10.2 Å². The van der Waals surface area contributed by atoms with Crippen LogP contribution in [0.25, 0.3) is 0 Å². The Labute approximate surface area is 143 Å². The number of amides is 2. The summed E-state index contributed by atoms with van der Waals surface area (Å²) in [5.41, 5.74) is 0.854. The Morgan fingerprint density at radius 1 is 1.38 bits per heavy atom. The zero-order chi connectivity index (χ0) is 16.7. The number of hydrogen-bond donors (Lipinski definition) is 2. The number of nitrogens with one attached hydrogen (secondary N) is 1. The number of fused-ring (bicyclic) bond motifs is 1. The molecule has 1 saturated carbocycles. The van der Waals surface area contributed by atoms with Gasteiger partial charge in [-0.25, -0.2) is 4.79 Å². The smallest absolute Gasteiger partial charge is 0.317 e. The van der Waals surface area contributed by atoms with Crippen LogP contribution in [0.1, 0.15) is 25.7 Å². The predicted octanol–water partition coefficient (Wildman–Crippen LogP) is 1.01. The number of aliphatic carboxylic acids is 1. The summed E-state index contributed by atoms with van der Waals surface area (Å²) in [6.07, 6.45) is 3.40. The van der Waals surface area contributed by atoms with Crippen molar-refractivity contribution >= 4 is 28.5 Å². The second kappa shape index (κ2) is 5.87. The lowest BCUT2D eigenvalue weighted by Crippen LogP contribution is -2.46. The highest BCUT2D eigenvalue weighted by Crippen LogP contribution is 2.44. The first-order chi connectivity index (χ1) is 11.6. The van der Waals surface area contributed by atoms with Gasteiger partial charge in [0.05, 0.1) is 5.41 Å². The number of aromatic nitrogens is 2. The van der Waals surface area contributed by atoms with Crippen molar-refractivity contribution in [3.05, 3.63) is 5.51 Å². The van der Waals surface area contributed by atoms with E-state index in [-0.39, 0.29) is 11.9 Å². The molecule has 8 nitrogen and oxygen atoms in total. The first-order valence-electron chi connectivity index (χ1n) is 8.38. The van der Waals surface area contributed by atoms with Crippen molar-refractivity contribution in [2.24, 2.45) is 11.3 Å². The van der Waals surface area contributed by atoms with Crippen molar-refractivity contribution in [2.75, 3.05) is 31.1 Å². The molecule has 0 unspecified atom stereocenters. The van der Waals surface area contributed by atoms with Crippen molar-refractivity contribution in [2.45, 2.75) is 31.7 Å². The summed E-state index contributed by atoms with van der Waals surface area (Å²) >= 11 is 1.42. The van der Waals surface area contributed by atoms with Gasteiger partial charge in [0.1, 0.15) is 5.51 Å². The molecule has 24 heavy (non-hydrogen) atoms. The third-order valence-electron chi connectivity index (χ3n) is 5.42. The van der Waals surface area contributed by atoms with E-state index in [1.807, 2.05) is 4.90 Å². The van der Waals surface area contributed by atoms with E-state index in [1.54, 1.807) is 10.4 Å². The van der Waals surface area contributed by atoms with Gasteiger partial charge in [-0.05, 0) is 25.7 Å². The number of likely N-dealkylation sites (tertiary alicyclic amines) is 1. The molecule has 130 valence electrons. The minimum Gasteiger partial charge on any atom is -0.481 e. The van der Waals surface area contributed by atoms with Crippen LogP contribution in [0, 0.1) is 11.3 Å². The fourth-order valence-electron chi connectivity index (χ4n) is 3.91. The third kappa shape index (κ3) is 2.70. The molecule has 2 N–H and O–H groups in total. The van der Waals surface area contributed by atoms with E-state index in [0.717, 1.165) is 18.0 Å². The largest absolute Gasteiger partial charge is 0.481 e. The first kappa shape index (κ1) is 15.6. The van der Waals surface area contributed by atoms with Crippen LogP contribution >= 0.6 is 11.3 Å². The van der Waals surface area contributed by atoms with E-state index >= 15 is 0 Å². The fraction of sp³-hybridized carbons (Fsp3) is 0.733. The van der Waals surface area contributed by atoms with E-state index in [9.17, 15) is 14.7 Å². The summed E-state index contributed by atoms with van der Waals surface area (Å²) in [6.45, 7) is 2.16. The lowest BCUT2D eigenvalue weighted by atomic mass is 9.75. The number of carboxylic acids is 1. The molecule has 9 heteroatoms. The predicted molar refractivity (Wildman–Crippen MR) is 88.0 cm³/mol. The molecule has 3 fully saturated rings. The molecule has 2 atom stereocenters. The summed E-state index contributed by atoms with van der Waals surface area (Å²) in [7, 11) is 0. The SMILES string of the molecule is O=C(NC1CC1)N1CCC[C@]2(C(=O)O)CN(c3nncs3)C[C@@H]2C1. The van der Waals surface area contributed by atoms with Crippen molar-refractivity contribution in [1.82, 2.24) is 20.4 Å². The number of anilines is 1.